The summed E-state index contributed by atoms with van der Waals surface area (Å²) in [5, 5.41) is 4.12. The van der Waals surface area contributed by atoms with Crippen LogP contribution in [0.15, 0.2) is 54.6 Å². The molecule has 2 aromatic heterocycles. The van der Waals surface area contributed by atoms with Gasteiger partial charge in [-0.05, 0) is 44.5 Å². The van der Waals surface area contributed by atoms with Gasteiger partial charge in [0.25, 0.3) is 5.82 Å². The Hall–Kier alpha value is -4.74. The van der Waals surface area contributed by atoms with Crippen molar-refractivity contribution in [3.63, 3.8) is 0 Å². The number of benzene rings is 2. The summed E-state index contributed by atoms with van der Waals surface area (Å²) in [6, 6.07) is 12.9. The molecule has 0 saturated carbocycles. The molecule has 0 radical (unpaired) electrons. The second-order valence-electron chi connectivity index (χ2n) is 8.61. The first-order chi connectivity index (χ1) is 18.4. The van der Waals surface area contributed by atoms with Gasteiger partial charge in [0.15, 0.2) is 11.9 Å². The Morgan fingerprint density at radius 3 is 2.33 bits per heavy atom. The summed E-state index contributed by atoms with van der Waals surface area (Å²) in [5.74, 6) is -2.66. The zero-order valence-corrected chi connectivity index (χ0v) is 21.3. The van der Waals surface area contributed by atoms with Crippen LogP contribution in [0.25, 0.3) is 17.1 Å². The van der Waals surface area contributed by atoms with Gasteiger partial charge in [-0.3, -0.25) is 4.79 Å². The number of aromatic nitrogens is 4. The molecule has 4 aromatic rings. The van der Waals surface area contributed by atoms with Crippen molar-refractivity contribution in [1.82, 2.24) is 19.7 Å². The van der Waals surface area contributed by atoms with E-state index in [1.807, 2.05) is 0 Å². The van der Waals surface area contributed by atoms with Gasteiger partial charge < -0.3 is 14.5 Å². The van der Waals surface area contributed by atoms with Crippen LogP contribution in [0.2, 0.25) is 0 Å². The third-order valence-corrected chi connectivity index (χ3v) is 5.97. The Bertz CT molecular complexity index is 1560. The molecule has 1 atom stereocenters. The monoisotopic (exact) mass is 540 g/mol. The van der Waals surface area contributed by atoms with E-state index in [9.17, 15) is 27.6 Å². The van der Waals surface area contributed by atoms with E-state index in [1.165, 1.54) is 26.2 Å². The topological polar surface area (TPSA) is 116 Å². The first-order valence-corrected chi connectivity index (χ1v) is 11.6. The molecule has 0 aliphatic heterocycles. The number of esters is 2. The molecular weight excluding hydrogens is 517 g/mol. The number of rotatable bonds is 7. The number of alkyl halides is 3. The summed E-state index contributed by atoms with van der Waals surface area (Å²) in [4.78, 5) is 45.1. The number of aromatic amines is 1. The Labute approximate surface area is 220 Å². The van der Waals surface area contributed by atoms with Crippen molar-refractivity contribution in [2.24, 2.45) is 0 Å². The van der Waals surface area contributed by atoms with Gasteiger partial charge in [-0.25, -0.2) is 19.3 Å². The van der Waals surface area contributed by atoms with Gasteiger partial charge in [0, 0.05) is 11.3 Å². The molecule has 12 heteroatoms. The highest BCUT2D eigenvalue weighted by Crippen LogP contribution is 2.31. The predicted octanol–water partition coefficient (Wildman–Crippen LogP) is 5.11. The van der Waals surface area contributed by atoms with Crippen LogP contribution in [0, 0.1) is 13.8 Å². The fourth-order valence-electron chi connectivity index (χ4n) is 4.04. The summed E-state index contributed by atoms with van der Waals surface area (Å²) < 4.78 is 51.2. The number of carbonyl (C=O) groups is 3. The number of Topliss-reactive ketones (excluding diaryl/α,β-unsaturated/α-hetero) is 1. The number of ketones is 1. The maximum Gasteiger partial charge on any atom is 0.416 e. The van der Waals surface area contributed by atoms with Crippen molar-refractivity contribution in [3.05, 3.63) is 88.5 Å². The molecule has 202 valence electrons. The van der Waals surface area contributed by atoms with Crippen LogP contribution in [-0.2, 0) is 15.7 Å². The molecule has 0 aliphatic rings. The van der Waals surface area contributed by atoms with Gasteiger partial charge in [-0.15, -0.1) is 5.10 Å². The molecule has 4 rings (SSSR count). The first kappa shape index (κ1) is 27.3. The Balaban J connectivity index is 1.66. The molecule has 1 unspecified atom stereocenters. The van der Waals surface area contributed by atoms with Crippen molar-refractivity contribution in [1.29, 1.82) is 0 Å². The quantitative estimate of drug-likeness (QED) is 0.256. The highest BCUT2D eigenvalue weighted by atomic mass is 19.4. The lowest BCUT2D eigenvalue weighted by Crippen LogP contribution is -2.26. The molecule has 0 bridgehead atoms. The van der Waals surface area contributed by atoms with Crippen molar-refractivity contribution in [2.75, 3.05) is 7.11 Å². The second-order valence-corrected chi connectivity index (χ2v) is 8.61. The standard InChI is InChI=1S/C27H23F3N4O5/c1-14-20(25(36)38-4)15(2)31-21(14)22(35)16(3)39-26(37)23-32-24(17-9-6-5-7-10-17)34(33-23)19-12-8-11-18(13-19)27(28,29)30/h5-13,16,31H,1-4H3. The summed E-state index contributed by atoms with van der Waals surface area (Å²) in [6.45, 7) is 4.50. The lowest BCUT2D eigenvalue weighted by molar-refractivity contribution is -0.137. The van der Waals surface area contributed by atoms with Crippen molar-refractivity contribution in [2.45, 2.75) is 33.1 Å². The molecule has 39 heavy (non-hydrogen) atoms. The molecule has 2 heterocycles. The van der Waals surface area contributed by atoms with Crippen LogP contribution >= 0.6 is 0 Å². The second kappa shape index (κ2) is 10.6. The molecular formula is C27H23F3N4O5. The average molecular weight is 540 g/mol. The zero-order valence-electron chi connectivity index (χ0n) is 21.3. The Morgan fingerprint density at radius 2 is 1.69 bits per heavy atom. The number of H-pyrrole nitrogens is 1. The van der Waals surface area contributed by atoms with E-state index in [0.717, 1.165) is 16.8 Å². The molecule has 0 saturated heterocycles. The van der Waals surface area contributed by atoms with E-state index in [0.29, 0.717) is 16.8 Å². The normalized spacial score (nSPS) is 12.2. The Morgan fingerprint density at radius 1 is 1.00 bits per heavy atom. The van der Waals surface area contributed by atoms with Gasteiger partial charge in [0.2, 0.25) is 5.78 Å². The fourth-order valence-corrected chi connectivity index (χ4v) is 4.04. The summed E-state index contributed by atoms with van der Waals surface area (Å²) in [6.07, 6.45) is -5.90. The van der Waals surface area contributed by atoms with E-state index in [4.69, 9.17) is 9.47 Å². The van der Waals surface area contributed by atoms with E-state index < -0.39 is 41.4 Å². The maximum atomic E-state index is 13.3. The van der Waals surface area contributed by atoms with E-state index in [-0.39, 0.29) is 22.8 Å². The van der Waals surface area contributed by atoms with Gasteiger partial charge in [-0.1, -0.05) is 36.4 Å². The molecule has 0 spiro atoms. The minimum atomic E-state index is -4.59. The lowest BCUT2D eigenvalue weighted by Gasteiger charge is -2.11. The molecule has 0 aliphatic carbocycles. The molecule has 9 nitrogen and oxygen atoms in total. The lowest BCUT2D eigenvalue weighted by atomic mass is 10.1. The highest BCUT2D eigenvalue weighted by Gasteiger charge is 2.32. The number of ether oxygens (including phenoxy) is 2. The number of hydrogen-bond acceptors (Lipinski definition) is 7. The van der Waals surface area contributed by atoms with E-state index >= 15 is 0 Å². The summed E-state index contributed by atoms with van der Waals surface area (Å²) >= 11 is 0. The third-order valence-electron chi connectivity index (χ3n) is 5.97. The SMILES string of the molecule is COC(=O)c1c(C)[nH]c(C(=O)C(C)OC(=O)c2nc(-c3ccccc3)n(-c3cccc(C(F)(F)F)c3)n2)c1C. The number of methoxy groups -OCH3 is 1. The van der Waals surface area contributed by atoms with Gasteiger partial charge in [0.05, 0.1) is 29.6 Å². The largest absolute Gasteiger partial charge is 0.465 e. The van der Waals surface area contributed by atoms with Crippen LogP contribution in [-0.4, -0.2) is 50.7 Å². The van der Waals surface area contributed by atoms with Crippen LogP contribution in [0.4, 0.5) is 13.2 Å². The minimum absolute atomic E-state index is 0.0205. The molecule has 2 aromatic carbocycles. The van der Waals surface area contributed by atoms with Gasteiger partial charge >= 0.3 is 18.1 Å². The number of hydrogen-bond donors (Lipinski definition) is 1. The van der Waals surface area contributed by atoms with Crippen molar-refractivity contribution in [3.8, 4) is 17.1 Å². The predicted molar refractivity (Wildman–Crippen MR) is 133 cm³/mol. The van der Waals surface area contributed by atoms with Crippen molar-refractivity contribution >= 4 is 17.7 Å². The fraction of sp³-hybridized carbons (Fsp3) is 0.222. The van der Waals surface area contributed by atoms with E-state index in [1.54, 1.807) is 44.2 Å². The van der Waals surface area contributed by atoms with Crippen molar-refractivity contribution < 1.29 is 37.0 Å². The average Bonchev–Trinajstić information content (AvgIpc) is 3.49. The number of carbonyl (C=O) groups excluding carboxylic acids is 3. The minimum Gasteiger partial charge on any atom is -0.465 e. The highest BCUT2D eigenvalue weighted by molar-refractivity contribution is 6.04. The summed E-state index contributed by atoms with van der Waals surface area (Å²) in [5.41, 5.74) is 0.626. The molecule has 1 N–H and O–H groups in total. The van der Waals surface area contributed by atoms with Crippen LogP contribution in [0.1, 0.15) is 55.2 Å². The maximum absolute atomic E-state index is 13.3. The van der Waals surface area contributed by atoms with Crippen LogP contribution in [0.5, 0.6) is 0 Å². The van der Waals surface area contributed by atoms with Gasteiger partial charge in [-0.2, -0.15) is 13.2 Å². The van der Waals surface area contributed by atoms with Crippen LogP contribution in [0.3, 0.4) is 0 Å². The first-order valence-electron chi connectivity index (χ1n) is 11.6. The van der Waals surface area contributed by atoms with E-state index in [2.05, 4.69) is 15.1 Å². The molecule has 0 amide bonds. The zero-order chi connectivity index (χ0) is 28.5. The van der Waals surface area contributed by atoms with Crippen LogP contribution < -0.4 is 0 Å². The summed E-state index contributed by atoms with van der Waals surface area (Å²) in [7, 11) is 1.22. The number of nitrogens with zero attached hydrogens (tertiary/aromatic N) is 3. The number of halogens is 3. The third kappa shape index (κ3) is 5.44. The Kier molecular flexibility index (Phi) is 7.39. The molecule has 0 fully saturated rings. The number of aryl methyl sites for hydroxylation is 1. The van der Waals surface area contributed by atoms with Gasteiger partial charge in [0.1, 0.15) is 0 Å². The number of nitrogens with one attached hydrogen (secondary N) is 1. The smallest absolute Gasteiger partial charge is 0.416 e.